The third kappa shape index (κ3) is 2.50. The second-order valence-corrected chi connectivity index (χ2v) is 3.98. The number of hydrogen-bond donors (Lipinski definition) is 1. The molecular weight excluding hydrogens is 156 g/mol. The van der Waals surface area contributed by atoms with Crippen LogP contribution in [0.2, 0.25) is 0 Å². The standard InChI is InChI=1S/C8H14N2S/c1-7(2)3-4-10-5-6-11-8(10)9/h5-7,9H,3-4H2,1-2H3. The first-order valence-corrected chi connectivity index (χ1v) is 4.76. The lowest BCUT2D eigenvalue weighted by Gasteiger charge is -2.04. The van der Waals surface area contributed by atoms with E-state index in [1.807, 2.05) is 16.1 Å². The van der Waals surface area contributed by atoms with Crippen LogP contribution in [0.3, 0.4) is 0 Å². The molecule has 0 aromatic carbocycles. The lowest BCUT2D eigenvalue weighted by molar-refractivity contribution is 0.509. The molecule has 0 aliphatic carbocycles. The van der Waals surface area contributed by atoms with Gasteiger partial charge in [-0.2, -0.15) is 0 Å². The summed E-state index contributed by atoms with van der Waals surface area (Å²) in [6, 6.07) is 0. The maximum absolute atomic E-state index is 7.48. The molecule has 11 heavy (non-hydrogen) atoms. The van der Waals surface area contributed by atoms with Crippen molar-refractivity contribution in [3.63, 3.8) is 0 Å². The van der Waals surface area contributed by atoms with Gasteiger partial charge < -0.3 is 4.57 Å². The van der Waals surface area contributed by atoms with E-state index in [1.54, 1.807) is 0 Å². The van der Waals surface area contributed by atoms with Crippen molar-refractivity contribution in [3.05, 3.63) is 16.4 Å². The first-order chi connectivity index (χ1) is 5.20. The van der Waals surface area contributed by atoms with Crippen LogP contribution in [-0.2, 0) is 6.54 Å². The SMILES string of the molecule is CC(C)CCn1ccsc1=N. The van der Waals surface area contributed by atoms with E-state index in [9.17, 15) is 0 Å². The van der Waals surface area contributed by atoms with Crippen molar-refractivity contribution >= 4 is 11.3 Å². The quantitative estimate of drug-likeness (QED) is 0.719. The van der Waals surface area contributed by atoms with Crippen molar-refractivity contribution in [1.29, 1.82) is 5.41 Å². The first kappa shape index (κ1) is 8.53. The van der Waals surface area contributed by atoms with Crippen LogP contribution in [0.15, 0.2) is 11.6 Å². The fourth-order valence-corrected chi connectivity index (χ4v) is 1.50. The molecule has 1 aromatic heterocycles. The van der Waals surface area contributed by atoms with E-state index >= 15 is 0 Å². The Morgan fingerprint density at radius 1 is 1.64 bits per heavy atom. The van der Waals surface area contributed by atoms with Crippen molar-refractivity contribution in [2.45, 2.75) is 26.8 Å². The van der Waals surface area contributed by atoms with Crippen molar-refractivity contribution in [3.8, 4) is 0 Å². The number of thiazole rings is 1. The molecule has 0 saturated carbocycles. The van der Waals surface area contributed by atoms with Gasteiger partial charge in [-0.15, -0.1) is 11.3 Å². The molecular formula is C8H14N2S. The number of nitrogens with one attached hydrogen (secondary N) is 1. The van der Waals surface area contributed by atoms with Crippen LogP contribution in [-0.4, -0.2) is 4.57 Å². The molecule has 0 atom stereocenters. The van der Waals surface area contributed by atoms with Crippen LogP contribution in [0.5, 0.6) is 0 Å². The van der Waals surface area contributed by atoms with E-state index in [0.29, 0.717) is 4.80 Å². The number of hydrogen-bond acceptors (Lipinski definition) is 2. The normalized spacial score (nSPS) is 10.8. The van der Waals surface area contributed by atoms with E-state index in [2.05, 4.69) is 13.8 Å². The molecule has 0 unspecified atom stereocenters. The van der Waals surface area contributed by atoms with Crippen molar-refractivity contribution < 1.29 is 0 Å². The van der Waals surface area contributed by atoms with Gasteiger partial charge in [0.05, 0.1) is 0 Å². The number of nitrogens with zero attached hydrogens (tertiary/aromatic N) is 1. The molecule has 1 aromatic rings. The molecule has 0 aliphatic rings. The minimum absolute atomic E-state index is 0.658. The average Bonchev–Trinajstić information content (AvgIpc) is 2.31. The summed E-state index contributed by atoms with van der Waals surface area (Å²) in [6.45, 7) is 5.40. The van der Waals surface area contributed by atoms with Gasteiger partial charge in [-0.3, -0.25) is 5.41 Å². The Morgan fingerprint density at radius 2 is 2.36 bits per heavy atom. The lowest BCUT2D eigenvalue weighted by Crippen LogP contribution is -2.13. The van der Waals surface area contributed by atoms with E-state index < -0.39 is 0 Å². The minimum atomic E-state index is 0.658. The monoisotopic (exact) mass is 170 g/mol. The highest BCUT2D eigenvalue weighted by Crippen LogP contribution is 2.01. The zero-order chi connectivity index (χ0) is 8.27. The third-order valence-electron chi connectivity index (χ3n) is 1.63. The fourth-order valence-electron chi connectivity index (χ4n) is 0.877. The Kier molecular flexibility index (Phi) is 2.88. The maximum Gasteiger partial charge on any atom is 0.181 e. The molecule has 1 rings (SSSR count). The Balaban J connectivity index is 2.51. The topological polar surface area (TPSA) is 28.8 Å². The molecule has 0 amide bonds. The van der Waals surface area contributed by atoms with E-state index in [4.69, 9.17) is 5.41 Å². The Labute approximate surface area is 71.0 Å². The summed E-state index contributed by atoms with van der Waals surface area (Å²) >= 11 is 1.49. The van der Waals surface area contributed by atoms with Crippen LogP contribution >= 0.6 is 11.3 Å². The lowest BCUT2D eigenvalue weighted by atomic mass is 10.1. The molecule has 1 N–H and O–H groups in total. The zero-order valence-electron chi connectivity index (χ0n) is 7.00. The first-order valence-electron chi connectivity index (χ1n) is 3.88. The summed E-state index contributed by atoms with van der Waals surface area (Å²) in [5.41, 5.74) is 0. The largest absolute Gasteiger partial charge is 0.324 e. The summed E-state index contributed by atoms with van der Waals surface area (Å²) in [7, 11) is 0. The number of aromatic nitrogens is 1. The molecule has 0 spiro atoms. The summed E-state index contributed by atoms with van der Waals surface area (Å²) in [6.07, 6.45) is 3.14. The molecule has 1 heterocycles. The van der Waals surface area contributed by atoms with E-state index in [0.717, 1.165) is 18.9 Å². The van der Waals surface area contributed by atoms with Crippen molar-refractivity contribution in [2.24, 2.45) is 5.92 Å². The van der Waals surface area contributed by atoms with Gasteiger partial charge in [-0.1, -0.05) is 13.8 Å². The van der Waals surface area contributed by atoms with Crippen molar-refractivity contribution in [1.82, 2.24) is 4.57 Å². The summed E-state index contributed by atoms with van der Waals surface area (Å²) < 4.78 is 1.99. The van der Waals surface area contributed by atoms with Gasteiger partial charge in [0.25, 0.3) is 0 Å². The van der Waals surface area contributed by atoms with Crippen LogP contribution in [0, 0.1) is 11.3 Å². The third-order valence-corrected chi connectivity index (χ3v) is 2.34. The molecule has 0 radical (unpaired) electrons. The van der Waals surface area contributed by atoms with Crippen LogP contribution in [0.1, 0.15) is 20.3 Å². The van der Waals surface area contributed by atoms with E-state index in [-0.39, 0.29) is 0 Å². The maximum atomic E-state index is 7.48. The Morgan fingerprint density at radius 3 is 2.82 bits per heavy atom. The predicted molar refractivity (Wildman–Crippen MR) is 47.6 cm³/mol. The minimum Gasteiger partial charge on any atom is -0.324 e. The number of rotatable bonds is 3. The molecule has 0 bridgehead atoms. The summed E-state index contributed by atoms with van der Waals surface area (Å²) in [4.78, 5) is 0.658. The smallest absolute Gasteiger partial charge is 0.181 e. The highest BCUT2D eigenvalue weighted by molar-refractivity contribution is 7.06. The fraction of sp³-hybridized carbons (Fsp3) is 0.625. The van der Waals surface area contributed by atoms with Gasteiger partial charge in [0.1, 0.15) is 0 Å². The zero-order valence-corrected chi connectivity index (χ0v) is 7.82. The molecule has 62 valence electrons. The molecule has 0 fully saturated rings. The second kappa shape index (κ2) is 3.72. The Bertz CT molecular complexity index is 259. The van der Waals surface area contributed by atoms with Gasteiger partial charge in [-0.25, -0.2) is 0 Å². The van der Waals surface area contributed by atoms with Crippen molar-refractivity contribution in [2.75, 3.05) is 0 Å². The summed E-state index contributed by atoms with van der Waals surface area (Å²) in [5.74, 6) is 0.724. The van der Waals surface area contributed by atoms with Gasteiger partial charge in [0, 0.05) is 18.1 Å². The average molecular weight is 170 g/mol. The Hall–Kier alpha value is -0.570. The number of aryl methyl sites for hydroxylation is 1. The van der Waals surface area contributed by atoms with Crippen LogP contribution < -0.4 is 4.80 Å². The van der Waals surface area contributed by atoms with Gasteiger partial charge in [0.2, 0.25) is 0 Å². The predicted octanol–water partition coefficient (Wildman–Crippen LogP) is 2.08. The van der Waals surface area contributed by atoms with Gasteiger partial charge in [-0.05, 0) is 12.3 Å². The molecule has 3 heteroatoms. The van der Waals surface area contributed by atoms with E-state index in [1.165, 1.54) is 11.3 Å². The van der Waals surface area contributed by atoms with Gasteiger partial charge >= 0.3 is 0 Å². The molecule has 2 nitrogen and oxygen atoms in total. The summed E-state index contributed by atoms with van der Waals surface area (Å²) in [5, 5.41) is 9.44. The molecule has 0 aliphatic heterocycles. The highest BCUT2D eigenvalue weighted by Gasteiger charge is 1.95. The molecule has 0 saturated heterocycles. The van der Waals surface area contributed by atoms with Gasteiger partial charge in [0.15, 0.2) is 4.80 Å². The second-order valence-electron chi connectivity index (χ2n) is 3.08. The van der Waals surface area contributed by atoms with Crippen LogP contribution in [0.4, 0.5) is 0 Å². The van der Waals surface area contributed by atoms with Crippen LogP contribution in [0.25, 0.3) is 0 Å². The highest BCUT2D eigenvalue weighted by atomic mass is 32.1.